The molecule has 0 amide bonds. The van der Waals surface area contributed by atoms with Crippen molar-refractivity contribution >= 4 is 29.1 Å². The second-order valence-electron chi connectivity index (χ2n) is 7.93. The number of non-ortho nitro benzene ring substituents is 2. The third kappa shape index (κ3) is 10.2. The molecule has 0 saturated heterocycles. The highest BCUT2D eigenvalue weighted by Crippen LogP contribution is 2.18. The molecule has 0 radical (unpaired) electrons. The van der Waals surface area contributed by atoms with Crippen LogP contribution in [0.25, 0.3) is 0 Å². The van der Waals surface area contributed by atoms with Gasteiger partial charge in [0.15, 0.2) is 0 Å². The molecule has 0 fully saturated rings. The summed E-state index contributed by atoms with van der Waals surface area (Å²) in [5.74, 6) is -2.40. The van der Waals surface area contributed by atoms with Crippen LogP contribution in [0.2, 0.25) is 0 Å². The molecule has 38 heavy (non-hydrogen) atoms. The van der Waals surface area contributed by atoms with Crippen LogP contribution in [0.4, 0.5) is 11.4 Å². The van der Waals surface area contributed by atoms with E-state index in [1.807, 2.05) is 0 Å². The second-order valence-corrected chi connectivity index (χ2v) is 7.93. The number of ketones is 1. The van der Waals surface area contributed by atoms with Crippen molar-refractivity contribution in [2.75, 3.05) is 13.2 Å². The third-order valence-corrected chi connectivity index (χ3v) is 5.14. The second kappa shape index (κ2) is 15.5. The van der Waals surface area contributed by atoms with Crippen LogP contribution >= 0.6 is 0 Å². The highest BCUT2D eigenvalue weighted by Gasteiger charge is 2.25. The maximum absolute atomic E-state index is 11.6. The SMILES string of the molecule is CCOC(=O)/C(Cc1ccc([N+](=O)[O-])cc1)=C(\C)O.CCOC(=O)C(Cc1ccc([N+](=O)[O-])cc1)C(C)=O. The smallest absolute Gasteiger partial charge is 0.337 e. The molecule has 204 valence electrons. The fourth-order valence-corrected chi connectivity index (χ4v) is 3.13. The minimum Gasteiger partial charge on any atom is -0.512 e. The molecule has 2 aromatic carbocycles. The van der Waals surface area contributed by atoms with E-state index in [9.17, 15) is 39.7 Å². The third-order valence-electron chi connectivity index (χ3n) is 5.14. The summed E-state index contributed by atoms with van der Waals surface area (Å²) >= 11 is 0. The van der Waals surface area contributed by atoms with Gasteiger partial charge < -0.3 is 14.6 Å². The Kier molecular flexibility index (Phi) is 12.8. The Labute approximate surface area is 219 Å². The topological polar surface area (TPSA) is 176 Å². The average molecular weight is 531 g/mol. The summed E-state index contributed by atoms with van der Waals surface area (Å²) in [7, 11) is 0. The van der Waals surface area contributed by atoms with E-state index >= 15 is 0 Å². The number of Topliss-reactive ketones (excluding diaryl/α,β-unsaturated/α-hetero) is 1. The van der Waals surface area contributed by atoms with E-state index in [1.165, 1.54) is 50.2 Å². The predicted octanol–water partition coefficient (Wildman–Crippen LogP) is 4.44. The number of nitro benzene ring substituents is 2. The molecule has 0 aromatic heterocycles. The Balaban J connectivity index is 0.000000380. The van der Waals surface area contributed by atoms with Crippen molar-refractivity contribution in [3.8, 4) is 0 Å². The first-order valence-electron chi connectivity index (χ1n) is 11.6. The van der Waals surface area contributed by atoms with Crippen LogP contribution < -0.4 is 0 Å². The molecule has 0 bridgehead atoms. The Morgan fingerprint density at radius 2 is 1.26 bits per heavy atom. The minimum absolute atomic E-state index is 0.0221. The fourth-order valence-electron chi connectivity index (χ4n) is 3.13. The van der Waals surface area contributed by atoms with Crippen molar-refractivity contribution in [2.24, 2.45) is 5.92 Å². The van der Waals surface area contributed by atoms with Crippen LogP contribution in [-0.4, -0.2) is 45.9 Å². The summed E-state index contributed by atoms with van der Waals surface area (Å²) in [5, 5.41) is 30.5. The number of aliphatic hydroxyl groups excluding tert-OH is 1. The maximum atomic E-state index is 11.6. The zero-order valence-corrected chi connectivity index (χ0v) is 21.5. The lowest BCUT2D eigenvalue weighted by molar-refractivity contribution is -0.385. The van der Waals surface area contributed by atoms with Gasteiger partial charge >= 0.3 is 11.9 Å². The molecule has 1 N–H and O–H groups in total. The van der Waals surface area contributed by atoms with Crippen LogP contribution in [0.5, 0.6) is 0 Å². The number of ether oxygens (including phenoxy) is 2. The lowest BCUT2D eigenvalue weighted by Gasteiger charge is -2.12. The van der Waals surface area contributed by atoms with Crippen molar-refractivity contribution in [2.45, 2.75) is 40.5 Å². The van der Waals surface area contributed by atoms with E-state index in [-0.39, 0.29) is 54.5 Å². The molecule has 1 unspecified atom stereocenters. The number of aliphatic hydroxyl groups is 1. The van der Waals surface area contributed by atoms with Gasteiger partial charge in [0.2, 0.25) is 0 Å². The normalized spacial score (nSPS) is 11.7. The molecule has 1 atom stereocenters. The number of hydrogen-bond donors (Lipinski definition) is 1. The van der Waals surface area contributed by atoms with Gasteiger partial charge in [0.25, 0.3) is 11.4 Å². The quantitative estimate of drug-likeness (QED) is 0.109. The summed E-state index contributed by atoms with van der Waals surface area (Å²) in [5.41, 5.74) is 1.46. The molecule has 0 aliphatic heterocycles. The molecule has 0 aliphatic rings. The molecule has 0 spiro atoms. The molecule has 2 rings (SSSR count). The fraction of sp³-hybridized carbons (Fsp3) is 0.346. The van der Waals surface area contributed by atoms with Crippen molar-refractivity contribution in [3.05, 3.63) is 91.2 Å². The number of nitro groups is 2. The molecule has 2 aromatic rings. The summed E-state index contributed by atoms with van der Waals surface area (Å²) in [6.45, 7) is 6.50. The standard InChI is InChI=1S/2C13H15NO5/c2*1-3-19-13(16)12(9(2)15)8-10-4-6-11(7-5-10)14(17)18/h4-7,15H,3,8H2,1-2H3;4-7,12H,3,8H2,1-2H3/b12-9+;. The van der Waals surface area contributed by atoms with Crippen molar-refractivity contribution in [1.82, 2.24) is 0 Å². The number of carbonyl (C=O) groups excluding carboxylic acids is 3. The molecular formula is C26H30N2O10. The molecule has 12 heteroatoms. The van der Waals surface area contributed by atoms with Gasteiger partial charge in [-0.15, -0.1) is 0 Å². The van der Waals surface area contributed by atoms with E-state index in [2.05, 4.69) is 0 Å². The van der Waals surface area contributed by atoms with E-state index in [4.69, 9.17) is 9.47 Å². The van der Waals surface area contributed by atoms with Gasteiger partial charge in [-0.1, -0.05) is 24.3 Å². The van der Waals surface area contributed by atoms with Crippen LogP contribution in [0.1, 0.15) is 38.8 Å². The highest BCUT2D eigenvalue weighted by molar-refractivity contribution is 5.98. The number of nitrogens with zero attached hydrogens (tertiary/aromatic N) is 2. The van der Waals surface area contributed by atoms with Gasteiger partial charge in [0, 0.05) is 30.7 Å². The number of allylic oxidation sites excluding steroid dienone is 1. The molecule has 12 nitrogen and oxygen atoms in total. The number of hydrogen-bond acceptors (Lipinski definition) is 10. The molecule has 0 heterocycles. The number of benzene rings is 2. The van der Waals surface area contributed by atoms with E-state index in [1.54, 1.807) is 26.0 Å². The summed E-state index contributed by atoms with van der Waals surface area (Å²) in [4.78, 5) is 54.7. The predicted molar refractivity (Wildman–Crippen MR) is 136 cm³/mol. The largest absolute Gasteiger partial charge is 0.512 e. The molecule has 0 saturated carbocycles. The first-order chi connectivity index (χ1) is 17.9. The number of esters is 2. The van der Waals surface area contributed by atoms with Crippen molar-refractivity contribution in [1.29, 1.82) is 0 Å². The first kappa shape index (κ1) is 31.4. The number of rotatable bonds is 11. The Morgan fingerprint density at radius 1 is 0.816 bits per heavy atom. The average Bonchev–Trinajstić information content (AvgIpc) is 2.86. The van der Waals surface area contributed by atoms with E-state index < -0.39 is 27.7 Å². The maximum Gasteiger partial charge on any atom is 0.337 e. The van der Waals surface area contributed by atoms with Crippen LogP contribution in [0.3, 0.4) is 0 Å². The minimum atomic E-state index is -0.860. The van der Waals surface area contributed by atoms with Gasteiger partial charge in [0.1, 0.15) is 11.7 Å². The van der Waals surface area contributed by atoms with Crippen molar-refractivity contribution < 1.29 is 38.8 Å². The van der Waals surface area contributed by atoms with E-state index in [0.29, 0.717) is 11.1 Å². The van der Waals surface area contributed by atoms with Crippen molar-refractivity contribution in [3.63, 3.8) is 0 Å². The summed E-state index contributed by atoms with van der Waals surface area (Å²) in [6, 6.07) is 11.5. The summed E-state index contributed by atoms with van der Waals surface area (Å²) < 4.78 is 9.67. The highest BCUT2D eigenvalue weighted by atomic mass is 16.6. The van der Waals surface area contributed by atoms with Gasteiger partial charge in [-0.3, -0.25) is 29.8 Å². The lowest BCUT2D eigenvalue weighted by atomic mass is 9.96. The zero-order chi connectivity index (χ0) is 28.8. The van der Waals surface area contributed by atoms with Gasteiger partial charge in [-0.2, -0.15) is 0 Å². The first-order valence-corrected chi connectivity index (χ1v) is 11.6. The Morgan fingerprint density at radius 3 is 1.63 bits per heavy atom. The van der Waals surface area contributed by atoms with Gasteiger partial charge in [-0.05, 0) is 45.2 Å². The van der Waals surface area contributed by atoms with Crippen LogP contribution in [0, 0.1) is 26.1 Å². The Hall–Kier alpha value is -4.61. The van der Waals surface area contributed by atoms with Gasteiger partial charge in [0.05, 0.1) is 34.4 Å². The Bertz CT molecular complexity index is 1170. The number of carbonyl (C=O) groups is 3. The summed E-state index contributed by atoms with van der Waals surface area (Å²) in [6.07, 6.45) is 0.353. The molecule has 0 aliphatic carbocycles. The van der Waals surface area contributed by atoms with Crippen LogP contribution in [-0.2, 0) is 36.7 Å². The van der Waals surface area contributed by atoms with E-state index in [0.717, 1.165) is 0 Å². The zero-order valence-electron chi connectivity index (χ0n) is 21.5. The van der Waals surface area contributed by atoms with Gasteiger partial charge in [-0.25, -0.2) is 4.79 Å². The molecular weight excluding hydrogens is 500 g/mol. The lowest BCUT2D eigenvalue weighted by Crippen LogP contribution is -2.26. The van der Waals surface area contributed by atoms with Crippen LogP contribution in [0.15, 0.2) is 59.9 Å². The monoisotopic (exact) mass is 530 g/mol.